The van der Waals surface area contributed by atoms with Crippen molar-refractivity contribution in [3.8, 4) is 11.3 Å². The summed E-state index contributed by atoms with van der Waals surface area (Å²) in [6.45, 7) is 1.71. The number of hydrogen-bond acceptors (Lipinski definition) is 2. The van der Waals surface area contributed by atoms with Crippen molar-refractivity contribution in [2.24, 2.45) is 0 Å². The van der Waals surface area contributed by atoms with Crippen LogP contribution in [0, 0.1) is 0 Å². The molecular weight excluding hydrogens is 296 g/mol. The van der Waals surface area contributed by atoms with Gasteiger partial charge >= 0.3 is 0 Å². The van der Waals surface area contributed by atoms with E-state index in [9.17, 15) is 4.79 Å². The zero-order valence-electron chi connectivity index (χ0n) is 13.6. The predicted molar refractivity (Wildman–Crippen MR) is 96.9 cm³/mol. The molecular formula is C21H20N2O. The second-order valence-corrected chi connectivity index (χ2v) is 6.29. The molecule has 120 valence electrons. The Morgan fingerprint density at radius 1 is 0.875 bits per heavy atom. The first-order chi connectivity index (χ1) is 11.8. The van der Waals surface area contributed by atoms with Crippen LogP contribution in [-0.2, 0) is 0 Å². The Morgan fingerprint density at radius 3 is 2.38 bits per heavy atom. The summed E-state index contributed by atoms with van der Waals surface area (Å²) >= 11 is 0. The number of hydrogen-bond donors (Lipinski definition) is 0. The second kappa shape index (κ2) is 6.44. The van der Waals surface area contributed by atoms with Gasteiger partial charge in [-0.15, -0.1) is 0 Å². The van der Waals surface area contributed by atoms with E-state index in [-0.39, 0.29) is 5.91 Å². The van der Waals surface area contributed by atoms with E-state index < -0.39 is 0 Å². The monoisotopic (exact) mass is 316 g/mol. The van der Waals surface area contributed by atoms with E-state index >= 15 is 0 Å². The third-order valence-corrected chi connectivity index (χ3v) is 4.66. The van der Waals surface area contributed by atoms with E-state index in [1.165, 1.54) is 6.42 Å². The lowest BCUT2D eigenvalue weighted by molar-refractivity contribution is 0.0726. The van der Waals surface area contributed by atoms with Crippen molar-refractivity contribution in [1.29, 1.82) is 0 Å². The molecule has 0 unspecified atom stereocenters. The second-order valence-electron chi connectivity index (χ2n) is 6.29. The fraction of sp³-hybridized carbons (Fsp3) is 0.238. The number of benzene rings is 2. The van der Waals surface area contributed by atoms with Crippen molar-refractivity contribution < 1.29 is 4.79 Å². The number of carbonyl (C=O) groups excluding carboxylic acids is 1. The summed E-state index contributed by atoms with van der Waals surface area (Å²) in [5, 5.41) is 0.938. The molecule has 1 fully saturated rings. The molecule has 3 aromatic rings. The molecule has 24 heavy (non-hydrogen) atoms. The highest BCUT2D eigenvalue weighted by Crippen LogP contribution is 2.26. The lowest BCUT2D eigenvalue weighted by Gasteiger charge is -2.27. The number of pyridine rings is 1. The first kappa shape index (κ1) is 14.9. The first-order valence-corrected chi connectivity index (χ1v) is 8.57. The van der Waals surface area contributed by atoms with Crippen LogP contribution < -0.4 is 0 Å². The van der Waals surface area contributed by atoms with Crippen molar-refractivity contribution in [3.05, 3.63) is 66.2 Å². The third-order valence-electron chi connectivity index (χ3n) is 4.66. The maximum absolute atomic E-state index is 13.1. The summed E-state index contributed by atoms with van der Waals surface area (Å²) in [5.74, 6) is 0.130. The molecule has 3 nitrogen and oxygen atoms in total. The SMILES string of the molecule is O=C(c1cc(-c2ccccc2)nc2ccccc12)N1CCCCC1. The highest BCUT2D eigenvalue weighted by Gasteiger charge is 2.21. The Morgan fingerprint density at radius 2 is 1.58 bits per heavy atom. The Labute approximate surface area is 141 Å². The molecule has 4 rings (SSSR count). The number of aromatic nitrogens is 1. The smallest absolute Gasteiger partial charge is 0.254 e. The van der Waals surface area contributed by atoms with Crippen LogP contribution >= 0.6 is 0 Å². The number of nitrogens with zero attached hydrogens (tertiary/aromatic N) is 2. The van der Waals surface area contributed by atoms with Gasteiger partial charge in [-0.05, 0) is 31.4 Å². The van der Waals surface area contributed by atoms with Gasteiger partial charge in [-0.25, -0.2) is 4.98 Å². The average molecular weight is 316 g/mol. The minimum atomic E-state index is 0.130. The predicted octanol–water partition coefficient (Wildman–Crippen LogP) is 4.53. The number of likely N-dealkylation sites (tertiary alicyclic amines) is 1. The average Bonchev–Trinajstić information content (AvgIpc) is 2.68. The van der Waals surface area contributed by atoms with Crippen molar-refractivity contribution in [2.75, 3.05) is 13.1 Å². The zero-order chi connectivity index (χ0) is 16.4. The zero-order valence-corrected chi connectivity index (χ0v) is 13.6. The van der Waals surface area contributed by atoms with Crippen LogP contribution in [0.15, 0.2) is 60.7 Å². The van der Waals surface area contributed by atoms with E-state index in [0.717, 1.165) is 53.7 Å². The van der Waals surface area contributed by atoms with E-state index in [0.29, 0.717) is 0 Å². The molecule has 1 amide bonds. The third kappa shape index (κ3) is 2.78. The fourth-order valence-electron chi connectivity index (χ4n) is 3.38. The lowest BCUT2D eigenvalue weighted by atomic mass is 10.0. The topological polar surface area (TPSA) is 33.2 Å². The van der Waals surface area contributed by atoms with Gasteiger partial charge in [0.05, 0.1) is 16.8 Å². The van der Waals surface area contributed by atoms with Crippen LogP contribution in [0.25, 0.3) is 22.2 Å². The number of rotatable bonds is 2. The molecule has 1 aliphatic rings. The molecule has 2 aromatic carbocycles. The first-order valence-electron chi connectivity index (χ1n) is 8.57. The maximum atomic E-state index is 13.1. The van der Waals surface area contributed by atoms with Crippen molar-refractivity contribution in [2.45, 2.75) is 19.3 Å². The molecule has 0 N–H and O–H groups in total. The van der Waals surface area contributed by atoms with Crippen molar-refractivity contribution in [1.82, 2.24) is 9.88 Å². The molecule has 0 saturated carbocycles. The van der Waals surface area contributed by atoms with Crippen LogP contribution in [0.4, 0.5) is 0 Å². The molecule has 0 atom stereocenters. The molecule has 1 aliphatic heterocycles. The Bertz CT molecular complexity index is 867. The normalized spacial score (nSPS) is 14.8. The molecule has 1 saturated heterocycles. The summed E-state index contributed by atoms with van der Waals surface area (Å²) in [6, 6.07) is 19.9. The highest BCUT2D eigenvalue weighted by atomic mass is 16.2. The van der Waals surface area contributed by atoms with Crippen LogP contribution in [0.1, 0.15) is 29.6 Å². The number of carbonyl (C=O) groups is 1. The van der Waals surface area contributed by atoms with Gasteiger partial charge in [-0.2, -0.15) is 0 Å². The van der Waals surface area contributed by atoms with Gasteiger partial charge in [0.15, 0.2) is 0 Å². The minimum absolute atomic E-state index is 0.130. The van der Waals surface area contributed by atoms with Crippen molar-refractivity contribution >= 4 is 16.8 Å². The van der Waals surface area contributed by atoms with Gasteiger partial charge in [0.1, 0.15) is 0 Å². The summed E-state index contributed by atoms with van der Waals surface area (Å²) < 4.78 is 0. The minimum Gasteiger partial charge on any atom is -0.339 e. The molecule has 3 heteroatoms. The molecule has 2 heterocycles. The molecule has 0 radical (unpaired) electrons. The van der Waals surface area contributed by atoms with Gasteiger partial charge in [-0.3, -0.25) is 4.79 Å². The summed E-state index contributed by atoms with van der Waals surface area (Å²) in [7, 11) is 0. The fourth-order valence-corrected chi connectivity index (χ4v) is 3.38. The van der Waals surface area contributed by atoms with Crippen LogP contribution in [-0.4, -0.2) is 28.9 Å². The highest BCUT2D eigenvalue weighted by molar-refractivity contribution is 6.07. The van der Waals surface area contributed by atoms with Gasteiger partial charge < -0.3 is 4.90 Å². The molecule has 1 aromatic heterocycles. The summed E-state index contributed by atoms with van der Waals surface area (Å²) in [6.07, 6.45) is 3.41. The summed E-state index contributed by atoms with van der Waals surface area (Å²) in [5.41, 5.74) is 3.53. The van der Waals surface area contributed by atoms with Gasteiger partial charge in [-0.1, -0.05) is 48.5 Å². The largest absolute Gasteiger partial charge is 0.339 e. The van der Waals surface area contributed by atoms with Gasteiger partial charge in [0, 0.05) is 24.0 Å². The molecule has 0 aliphatic carbocycles. The Balaban J connectivity index is 1.85. The quantitative estimate of drug-likeness (QED) is 0.696. The Hall–Kier alpha value is -2.68. The van der Waals surface area contributed by atoms with Crippen LogP contribution in [0.3, 0.4) is 0 Å². The number of fused-ring (bicyclic) bond motifs is 1. The van der Waals surface area contributed by atoms with E-state index in [2.05, 4.69) is 0 Å². The van der Waals surface area contributed by atoms with E-state index in [1.54, 1.807) is 0 Å². The molecule has 0 bridgehead atoms. The number of para-hydroxylation sites is 1. The van der Waals surface area contributed by atoms with Gasteiger partial charge in [0.2, 0.25) is 0 Å². The van der Waals surface area contributed by atoms with Crippen LogP contribution in [0.2, 0.25) is 0 Å². The van der Waals surface area contributed by atoms with Crippen molar-refractivity contribution in [3.63, 3.8) is 0 Å². The van der Waals surface area contributed by atoms with Crippen LogP contribution in [0.5, 0.6) is 0 Å². The van der Waals surface area contributed by atoms with E-state index in [4.69, 9.17) is 4.98 Å². The summed E-state index contributed by atoms with van der Waals surface area (Å²) in [4.78, 5) is 19.8. The lowest BCUT2D eigenvalue weighted by Crippen LogP contribution is -2.35. The van der Waals surface area contributed by atoms with Gasteiger partial charge in [0.25, 0.3) is 5.91 Å². The standard InChI is InChI=1S/C21H20N2O/c24-21(23-13-7-2-8-14-23)18-15-20(16-9-3-1-4-10-16)22-19-12-6-5-11-17(18)19/h1,3-6,9-12,15H,2,7-8,13-14H2. The number of amides is 1. The molecule has 0 spiro atoms. The maximum Gasteiger partial charge on any atom is 0.254 e. The van der Waals surface area contributed by atoms with E-state index in [1.807, 2.05) is 65.6 Å². The number of piperidine rings is 1. The Kier molecular flexibility index (Phi) is 3.99.